The molecule has 0 unspecified atom stereocenters. The van der Waals surface area contributed by atoms with Gasteiger partial charge in [0.15, 0.2) is 5.76 Å². The SMILES string of the molecule is COc1cccc2ccc(N3CCC(c4nc(-c5ccco5)no4)CC3)nc12. The van der Waals surface area contributed by atoms with Crippen LogP contribution in [0.3, 0.4) is 0 Å². The Bertz CT molecular complexity index is 1080. The second-order valence-electron chi connectivity index (χ2n) is 6.90. The van der Waals surface area contributed by atoms with Gasteiger partial charge in [-0.25, -0.2) is 4.98 Å². The van der Waals surface area contributed by atoms with E-state index < -0.39 is 0 Å². The molecule has 1 aliphatic rings. The number of piperidine rings is 1. The van der Waals surface area contributed by atoms with Gasteiger partial charge in [0.1, 0.15) is 17.1 Å². The molecule has 0 radical (unpaired) electrons. The lowest BCUT2D eigenvalue weighted by Crippen LogP contribution is -2.33. The lowest BCUT2D eigenvalue weighted by molar-refractivity contribution is 0.329. The summed E-state index contributed by atoms with van der Waals surface area (Å²) >= 11 is 0. The van der Waals surface area contributed by atoms with Crippen molar-refractivity contribution >= 4 is 16.7 Å². The van der Waals surface area contributed by atoms with E-state index in [9.17, 15) is 0 Å². The zero-order valence-electron chi connectivity index (χ0n) is 15.5. The number of hydrogen-bond acceptors (Lipinski definition) is 7. The number of pyridine rings is 1. The number of aromatic nitrogens is 3. The molecular formula is C21H20N4O3. The molecule has 0 aliphatic carbocycles. The van der Waals surface area contributed by atoms with Crippen molar-refractivity contribution in [2.24, 2.45) is 0 Å². The largest absolute Gasteiger partial charge is 0.494 e. The van der Waals surface area contributed by atoms with Crippen molar-refractivity contribution in [3.8, 4) is 17.3 Å². The quantitative estimate of drug-likeness (QED) is 0.526. The highest BCUT2D eigenvalue weighted by Gasteiger charge is 2.26. The molecule has 4 aromatic rings. The molecule has 0 spiro atoms. The van der Waals surface area contributed by atoms with Crippen LogP contribution in [-0.4, -0.2) is 35.3 Å². The molecule has 3 aromatic heterocycles. The van der Waals surface area contributed by atoms with Gasteiger partial charge in [0.2, 0.25) is 11.7 Å². The van der Waals surface area contributed by atoms with Crippen LogP contribution in [0, 0.1) is 0 Å². The first-order chi connectivity index (χ1) is 13.8. The second kappa shape index (κ2) is 6.99. The summed E-state index contributed by atoms with van der Waals surface area (Å²) in [7, 11) is 1.68. The summed E-state index contributed by atoms with van der Waals surface area (Å²) in [5, 5.41) is 5.12. The average Bonchev–Trinajstić information content (AvgIpc) is 3.45. The van der Waals surface area contributed by atoms with E-state index in [1.165, 1.54) is 0 Å². The Balaban J connectivity index is 1.31. The predicted octanol–water partition coefficient (Wildman–Crippen LogP) is 4.27. The van der Waals surface area contributed by atoms with E-state index in [0.29, 0.717) is 17.5 Å². The maximum absolute atomic E-state index is 5.49. The molecule has 28 heavy (non-hydrogen) atoms. The van der Waals surface area contributed by atoms with E-state index in [-0.39, 0.29) is 5.92 Å². The Labute approximate surface area is 161 Å². The van der Waals surface area contributed by atoms with Crippen molar-refractivity contribution in [1.82, 2.24) is 15.1 Å². The van der Waals surface area contributed by atoms with E-state index in [0.717, 1.165) is 48.4 Å². The molecule has 0 amide bonds. The van der Waals surface area contributed by atoms with Crippen LogP contribution < -0.4 is 9.64 Å². The van der Waals surface area contributed by atoms with Crippen LogP contribution in [0.4, 0.5) is 5.82 Å². The summed E-state index contributed by atoms with van der Waals surface area (Å²) < 4.78 is 16.3. The average molecular weight is 376 g/mol. The summed E-state index contributed by atoms with van der Waals surface area (Å²) in [5.41, 5.74) is 0.893. The highest BCUT2D eigenvalue weighted by atomic mass is 16.5. The van der Waals surface area contributed by atoms with Crippen LogP contribution in [0.1, 0.15) is 24.7 Å². The van der Waals surface area contributed by atoms with Gasteiger partial charge in [-0.05, 0) is 43.2 Å². The molecule has 5 rings (SSSR count). The lowest BCUT2D eigenvalue weighted by Gasteiger charge is -2.31. The Morgan fingerprint density at radius 1 is 1.04 bits per heavy atom. The minimum Gasteiger partial charge on any atom is -0.494 e. The van der Waals surface area contributed by atoms with E-state index in [1.807, 2.05) is 30.3 Å². The fourth-order valence-electron chi connectivity index (χ4n) is 3.71. The third-order valence-corrected chi connectivity index (χ3v) is 5.24. The summed E-state index contributed by atoms with van der Waals surface area (Å²) in [5.74, 6) is 3.83. The highest BCUT2D eigenvalue weighted by molar-refractivity contribution is 5.86. The molecule has 1 saturated heterocycles. The fraction of sp³-hybridized carbons (Fsp3) is 0.286. The molecule has 1 aromatic carbocycles. The molecule has 1 fully saturated rings. The fourth-order valence-corrected chi connectivity index (χ4v) is 3.71. The van der Waals surface area contributed by atoms with Crippen molar-refractivity contribution < 1.29 is 13.7 Å². The second-order valence-corrected chi connectivity index (χ2v) is 6.90. The van der Waals surface area contributed by atoms with Gasteiger partial charge in [-0.1, -0.05) is 17.3 Å². The van der Waals surface area contributed by atoms with Gasteiger partial charge >= 0.3 is 0 Å². The normalized spacial score (nSPS) is 15.2. The molecule has 0 atom stereocenters. The molecule has 0 saturated carbocycles. The van der Waals surface area contributed by atoms with Crippen LogP contribution in [0.25, 0.3) is 22.5 Å². The number of fused-ring (bicyclic) bond motifs is 1. The van der Waals surface area contributed by atoms with Gasteiger partial charge in [0.25, 0.3) is 0 Å². The molecule has 142 valence electrons. The summed E-state index contributed by atoms with van der Waals surface area (Å²) in [6, 6.07) is 13.8. The number of benzene rings is 1. The standard InChI is InChI=1S/C21H20N4O3/c1-26-16-5-2-4-14-7-8-18(22-19(14)16)25-11-9-15(10-12-25)21-23-20(24-28-21)17-6-3-13-27-17/h2-8,13,15H,9-12H2,1H3. The van der Waals surface area contributed by atoms with E-state index >= 15 is 0 Å². The molecule has 0 bridgehead atoms. The first-order valence-electron chi connectivity index (χ1n) is 9.38. The van der Waals surface area contributed by atoms with Crippen molar-refractivity contribution in [3.05, 3.63) is 54.6 Å². The highest BCUT2D eigenvalue weighted by Crippen LogP contribution is 2.32. The zero-order chi connectivity index (χ0) is 18.9. The Kier molecular flexibility index (Phi) is 4.20. The van der Waals surface area contributed by atoms with Crippen molar-refractivity contribution in [3.63, 3.8) is 0 Å². The Hall–Kier alpha value is -3.35. The summed E-state index contributed by atoms with van der Waals surface area (Å²) in [6.45, 7) is 1.77. The van der Waals surface area contributed by atoms with Gasteiger partial charge < -0.3 is 18.6 Å². The third kappa shape index (κ3) is 2.98. The van der Waals surface area contributed by atoms with Crippen LogP contribution in [0.5, 0.6) is 5.75 Å². The van der Waals surface area contributed by atoms with Gasteiger partial charge in [-0.3, -0.25) is 0 Å². The topological polar surface area (TPSA) is 77.4 Å². The monoisotopic (exact) mass is 376 g/mol. The van der Waals surface area contributed by atoms with Crippen LogP contribution in [0.15, 0.2) is 57.7 Å². The molecule has 7 nitrogen and oxygen atoms in total. The number of nitrogens with zero attached hydrogens (tertiary/aromatic N) is 4. The molecule has 4 heterocycles. The maximum Gasteiger partial charge on any atom is 0.238 e. The minimum absolute atomic E-state index is 0.252. The van der Waals surface area contributed by atoms with E-state index in [2.05, 4.69) is 27.2 Å². The number of furan rings is 1. The Morgan fingerprint density at radius 3 is 2.71 bits per heavy atom. The molecule has 0 N–H and O–H groups in total. The number of hydrogen-bond donors (Lipinski definition) is 0. The van der Waals surface area contributed by atoms with Crippen molar-refractivity contribution in [2.45, 2.75) is 18.8 Å². The summed E-state index contributed by atoms with van der Waals surface area (Å²) in [6.07, 6.45) is 3.48. The number of anilines is 1. The number of ether oxygens (including phenoxy) is 1. The first-order valence-corrected chi connectivity index (χ1v) is 9.38. The number of methoxy groups -OCH3 is 1. The smallest absolute Gasteiger partial charge is 0.238 e. The van der Waals surface area contributed by atoms with Gasteiger partial charge in [-0.15, -0.1) is 0 Å². The summed E-state index contributed by atoms with van der Waals surface area (Å²) in [4.78, 5) is 11.7. The first kappa shape index (κ1) is 16.8. The number of rotatable bonds is 4. The Morgan fingerprint density at radius 2 is 1.93 bits per heavy atom. The number of para-hydroxylation sites is 1. The van der Waals surface area contributed by atoms with Gasteiger partial charge in [0.05, 0.1) is 13.4 Å². The van der Waals surface area contributed by atoms with Gasteiger partial charge in [0, 0.05) is 24.4 Å². The predicted molar refractivity (Wildman–Crippen MR) is 104 cm³/mol. The maximum atomic E-state index is 5.49. The van der Waals surface area contributed by atoms with Crippen molar-refractivity contribution in [2.75, 3.05) is 25.1 Å². The van der Waals surface area contributed by atoms with E-state index in [4.69, 9.17) is 18.7 Å². The molecule has 7 heteroatoms. The van der Waals surface area contributed by atoms with Crippen LogP contribution in [0.2, 0.25) is 0 Å². The van der Waals surface area contributed by atoms with Crippen molar-refractivity contribution in [1.29, 1.82) is 0 Å². The molecule has 1 aliphatic heterocycles. The molecular weight excluding hydrogens is 356 g/mol. The zero-order valence-corrected chi connectivity index (χ0v) is 15.5. The van der Waals surface area contributed by atoms with Crippen LogP contribution in [-0.2, 0) is 0 Å². The lowest BCUT2D eigenvalue weighted by atomic mass is 9.96. The minimum atomic E-state index is 0.252. The third-order valence-electron chi connectivity index (χ3n) is 5.24. The van der Waals surface area contributed by atoms with Gasteiger partial charge in [-0.2, -0.15) is 4.98 Å². The van der Waals surface area contributed by atoms with Crippen LogP contribution >= 0.6 is 0 Å². The van der Waals surface area contributed by atoms with E-state index in [1.54, 1.807) is 13.4 Å².